The largest absolute Gasteiger partial charge is 0.316 e. The number of fused-ring (bicyclic) bond motifs is 1. The lowest BCUT2D eigenvalue weighted by Gasteiger charge is -2.15. The van der Waals surface area contributed by atoms with Gasteiger partial charge in [-0.3, -0.25) is 4.79 Å². The van der Waals surface area contributed by atoms with Gasteiger partial charge in [0.05, 0.1) is 15.1 Å². The van der Waals surface area contributed by atoms with Crippen molar-refractivity contribution in [2.75, 3.05) is 13.1 Å². The zero-order chi connectivity index (χ0) is 22.9. The third kappa shape index (κ3) is 4.44. The number of amides is 1. The first-order chi connectivity index (χ1) is 15.3. The molecule has 1 aliphatic heterocycles. The molecular weight excluding hydrogens is 442 g/mol. The summed E-state index contributed by atoms with van der Waals surface area (Å²) in [5, 5.41) is 0. The fourth-order valence-corrected chi connectivity index (χ4v) is 6.59. The van der Waals surface area contributed by atoms with Crippen LogP contribution in [-0.2, 0) is 16.6 Å². The van der Waals surface area contributed by atoms with Crippen LogP contribution in [0.25, 0.3) is 10.2 Å². The van der Waals surface area contributed by atoms with E-state index in [9.17, 15) is 13.2 Å². The summed E-state index contributed by atoms with van der Waals surface area (Å²) in [6.45, 7) is 8.32. The maximum Gasteiger partial charge on any atom is 0.279 e. The minimum Gasteiger partial charge on any atom is -0.316 e. The number of aromatic nitrogens is 1. The van der Waals surface area contributed by atoms with Crippen molar-refractivity contribution in [2.24, 2.45) is 4.99 Å². The van der Waals surface area contributed by atoms with E-state index >= 15 is 0 Å². The molecule has 0 unspecified atom stereocenters. The second-order valence-electron chi connectivity index (χ2n) is 8.47. The zero-order valence-corrected chi connectivity index (χ0v) is 20.4. The Kier molecular flexibility index (Phi) is 6.65. The second kappa shape index (κ2) is 9.29. The van der Waals surface area contributed by atoms with Gasteiger partial charge in [0, 0.05) is 25.2 Å². The Morgan fingerprint density at radius 2 is 1.78 bits per heavy atom. The first kappa shape index (κ1) is 22.9. The fraction of sp³-hybridized carbons (Fsp3) is 0.417. The van der Waals surface area contributed by atoms with Crippen LogP contribution in [0.4, 0.5) is 0 Å². The van der Waals surface area contributed by atoms with Crippen molar-refractivity contribution in [3.8, 4) is 0 Å². The molecule has 2 heterocycles. The number of aryl methyl sites for hydroxylation is 1. The van der Waals surface area contributed by atoms with E-state index in [1.807, 2.05) is 0 Å². The maximum absolute atomic E-state index is 12.9. The Labute approximate surface area is 193 Å². The first-order valence-corrected chi connectivity index (χ1v) is 13.4. The summed E-state index contributed by atoms with van der Waals surface area (Å²) in [6.07, 6.45) is 2.71. The molecule has 32 heavy (non-hydrogen) atoms. The number of hydrogen-bond donors (Lipinski definition) is 0. The Balaban J connectivity index is 1.67. The smallest absolute Gasteiger partial charge is 0.279 e. The molecule has 1 aliphatic rings. The van der Waals surface area contributed by atoms with E-state index in [0.717, 1.165) is 36.0 Å². The Morgan fingerprint density at radius 3 is 2.41 bits per heavy atom. The number of sulfonamides is 1. The molecule has 0 spiro atoms. The number of nitrogens with zero attached hydrogens (tertiary/aromatic N) is 3. The van der Waals surface area contributed by atoms with E-state index in [0.29, 0.717) is 29.4 Å². The van der Waals surface area contributed by atoms with E-state index in [1.165, 1.54) is 33.3 Å². The van der Waals surface area contributed by atoms with Crippen molar-refractivity contribution in [3.05, 3.63) is 58.4 Å². The third-order valence-corrected chi connectivity index (χ3v) is 8.78. The highest BCUT2D eigenvalue weighted by Gasteiger charge is 2.27. The van der Waals surface area contributed by atoms with Gasteiger partial charge in [-0.1, -0.05) is 38.2 Å². The molecule has 1 aromatic heterocycles. The van der Waals surface area contributed by atoms with Crippen LogP contribution in [0.5, 0.6) is 0 Å². The summed E-state index contributed by atoms with van der Waals surface area (Å²) in [5.41, 5.74) is 2.73. The van der Waals surface area contributed by atoms with Gasteiger partial charge in [-0.2, -0.15) is 9.30 Å². The molecule has 1 saturated heterocycles. The van der Waals surface area contributed by atoms with Gasteiger partial charge in [-0.15, -0.1) is 0 Å². The van der Waals surface area contributed by atoms with E-state index in [2.05, 4.69) is 48.5 Å². The van der Waals surface area contributed by atoms with Crippen molar-refractivity contribution in [1.82, 2.24) is 8.87 Å². The summed E-state index contributed by atoms with van der Waals surface area (Å²) in [4.78, 5) is 18.2. The third-order valence-electron chi connectivity index (χ3n) is 5.82. The van der Waals surface area contributed by atoms with Gasteiger partial charge in [-0.05, 0) is 67.1 Å². The SMILES string of the molecule is CCCn1c(=NC(=O)c2ccc(S(=O)(=O)N3CCCC3)cc2)sc2cc(C(C)C)ccc21. The fourth-order valence-electron chi connectivity index (χ4n) is 3.97. The number of thiazole rings is 1. The van der Waals surface area contributed by atoms with Crippen LogP contribution in [0, 0.1) is 0 Å². The molecule has 6 nitrogen and oxygen atoms in total. The molecule has 8 heteroatoms. The Hall–Kier alpha value is -2.29. The molecule has 3 aromatic rings. The van der Waals surface area contributed by atoms with Crippen LogP contribution in [0.3, 0.4) is 0 Å². The monoisotopic (exact) mass is 471 g/mol. The summed E-state index contributed by atoms with van der Waals surface area (Å²) in [7, 11) is -3.49. The number of carbonyl (C=O) groups excluding carboxylic acids is 1. The van der Waals surface area contributed by atoms with Crippen molar-refractivity contribution in [3.63, 3.8) is 0 Å². The van der Waals surface area contributed by atoms with Crippen molar-refractivity contribution in [1.29, 1.82) is 0 Å². The highest BCUT2D eigenvalue weighted by atomic mass is 32.2. The van der Waals surface area contributed by atoms with E-state index in [1.54, 1.807) is 12.1 Å². The van der Waals surface area contributed by atoms with E-state index in [4.69, 9.17) is 0 Å². The lowest BCUT2D eigenvalue weighted by molar-refractivity contribution is 0.0997. The topological polar surface area (TPSA) is 71.7 Å². The van der Waals surface area contributed by atoms with Crippen LogP contribution >= 0.6 is 11.3 Å². The molecule has 0 bridgehead atoms. The summed E-state index contributed by atoms with van der Waals surface area (Å²) in [5.74, 6) is 0.0640. The number of carbonyl (C=O) groups is 1. The maximum atomic E-state index is 12.9. The van der Waals surface area contributed by atoms with Crippen LogP contribution in [-0.4, -0.2) is 36.3 Å². The highest BCUT2D eigenvalue weighted by molar-refractivity contribution is 7.89. The van der Waals surface area contributed by atoms with Crippen LogP contribution in [0.15, 0.2) is 52.4 Å². The van der Waals surface area contributed by atoms with Gasteiger partial charge < -0.3 is 4.57 Å². The normalized spacial score (nSPS) is 15.8. The lowest BCUT2D eigenvalue weighted by Crippen LogP contribution is -2.27. The van der Waals surface area contributed by atoms with Gasteiger partial charge in [0.25, 0.3) is 5.91 Å². The van der Waals surface area contributed by atoms with Crippen LogP contribution < -0.4 is 4.80 Å². The van der Waals surface area contributed by atoms with Gasteiger partial charge >= 0.3 is 0 Å². The first-order valence-electron chi connectivity index (χ1n) is 11.1. The van der Waals surface area contributed by atoms with Gasteiger partial charge in [0.2, 0.25) is 10.0 Å². The number of benzene rings is 2. The average molecular weight is 472 g/mol. The molecule has 4 rings (SSSR count). The molecule has 1 fully saturated rings. The van der Waals surface area contributed by atoms with Crippen molar-refractivity contribution >= 4 is 37.5 Å². The molecule has 0 N–H and O–H groups in total. The van der Waals surface area contributed by atoms with Crippen molar-refractivity contribution < 1.29 is 13.2 Å². The minimum absolute atomic E-state index is 0.222. The van der Waals surface area contributed by atoms with Gasteiger partial charge in [0.15, 0.2) is 4.80 Å². The Bertz CT molecular complexity index is 1300. The summed E-state index contributed by atoms with van der Waals surface area (Å²) >= 11 is 1.52. The summed E-state index contributed by atoms with van der Waals surface area (Å²) < 4.78 is 30.1. The standard InChI is InChI=1S/C24H29N3O3S2/c1-4-13-27-21-12-9-19(17(2)3)16-22(21)31-24(27)25-23(28)18-7-10-20(11-8-18)32(29,30)26-14-5-6-15-26/h7-12,16-17H,4-6,13-15H2,1-3H3. The van der Waals surface area contributed by atoms with Crippen molar-refractivity contribution in [2.45, 2.75) is 57.4 Å². The van der Waals surface area contributed by atoms with Gasteiger partial charge in [-0.25, -0.2) is 8.42 Å². The minimum atomic E-state index is -3.49. The number of rotatable bonds is 6. The molecule has 2 aromatic carbocycles. The predicted octanol–water partition coefficient (Wildman–Crippen LogP) is 4.76. The summed E-state index contributed by atoms with van der Waals surface area (Å²) in [6, 6.07) is 12.6. The van der Waals surface area contributed by atoms with Gasteiger partial charge in [0.1, 0.15) is 0 Å². The average Bonchev–Trinajstić information content (AvgIpc) is 3.43. The van der Waals surface area contributed by atoms with Crippen LogP contribution in [0.1, 0.15) is 61.9 Å². The number of hydrogen-bond acceptors (Lipinski definition) is 4. The second-order valence-corrected chi connectivity index (χ2v) is 11.4. The Morgan fingerprint density at radius 1 is 1.09 bits per heavy atom. The molecule has 1 amide bonds. The van der Waals surface area contributed by atoms with E-state index in [-0.39, 0.29) is 10.8 Å². The molecule has 0 radical (unpaired) electrons. The molecule has 0 atom stereocenters. The molecule has 0 aliphatic carbocycles. The lowest BCUT2D eigenvalue weighted by atomic mass is 10.0. The van der Waals surface area contributed by atoms with Crippen LogP contribution in [0.2, 0.25) is 0 Å². The predicted molar refractivity (Wildman–Crippen MR) is 129 cm³/mol. The quantitative estimate of drug-likeness (QED) is 0.520. The molecule has 170 valence electrons. The zero-order valence-electron chi connectivity index (χ0n) is 18.7. The molecule has 0 saturated carbocycles. The highest BCUT2D eigenvalue weighted by Crippen LogP contribution is 2.24. The molecular formula is C24H29N3O3S2. The van der Waals surface area contributed by atoms with E-state index < -0.39 is 10.0 Å².